The SMILES string of the molecule is Cc1cccc(N(C)S(=O)(=O)c2ccc(CCl)o2)c1. The maximum absolute atomic E-state index is 12.4. The van der Waals surface area contributed by atoms with Crippen molar-refractivity contribution in [1.29, 1.82) is 0 Å². The Balaban J connectivity index is 2.39. The van der Waals surface area contributed by atoms with Gasteiger partial charge in [0.2, 0.25) is 5.09 Å². The molecule has 0 N–H and O–H groups in total. The number of rotatable bonds is 4. The van der Waals surface area contributed by atoms with Crippen LogP contribution in [-0.4, -0.2) is 15.5 Å². The molecule has 2 rings (SSSR count). The van der Waals surface area contributed by atoms with E-state index in [0.29, 0.717) is 11.4 Å². The third kappa shape index (κ3) is 2.77. The van der Waals surface area contributed by atoms with Crippen molar-refractivity contribution in [3.05, 3.63) is 47.7 Å². The Morgan fingerprint density at radius 3 is 2.58 bits per heavy atom. The van der Waals surface area contributed by atoms with Crippen molar-refractivity contribution in [2.24, 2.45) is 0 Å². The third-order valence-corrected chi connectivity index (χ3v) is 4.67. The van der Waals surface area contributed by atoms with Crippen molar-refractivity contribution < 1.29 is 12.8 Å². The van der Waals surface area contributed by atoms with Gasteiger partial charge in [-0.1, -0.05) is 12.1 Å². The highest BCUT2D eigenvalue weighted by Crippen LogP contribution is 2.24. The lowest BCUT2D eigenvalue weighted by atomic mass is 10.2. The van der Waals surface area contributed by atoms with E-state index in [1.807, 2.05) is 19.1 Å². The molecule has 1 aromatic heterocycles. The molecule has 0 saturated heterocycles. The summed E-state index contributed by atoms with van der Waals surface area (Å²) in [6.07, 6.45) is 0. The lowest BCUT2D eigenvalue weighted by Crippen LogP contribution is -2.26. The molecule has 0 aliphatic carbocycles. The molecular weight excluding hydrogens is 286 g/mol. The topological polar surface area (TPSA) is 50.5 Å². The van der Waals surface area contributed by atoms with E-state index >= 15 is 0 Å². The predicted molar refractivity (Wildman–Crippen MR) is 75.0 cm³/mol. The first-order valence-corrected chi connectivity index (χ1v) is 7.63. The van der Waals surface area contributed by atoms with Crippen LogP contribution in [0.15, 0.2) is 45.9 Å². The summed E-state index contributed by atoms with van der Waals surface area (Å²) in [5, 5.41) is -0.104. The lowest BCUT2D eigenvalue weighted by Gasteiger charge is -2.18. The van der Waals surface area contributed by atoms with E-state index in [1.165, 1.54) is 17.4 Å². The van der Waals surface area contributed by atoms with Gasteiger partial charge < -0.3 is 4.42 Å². The first kappa shape index (κ1) is 14.0. The molecule has 102 valence electrons. The molecule has 0 radical (unpaired) electrons. The minimum atomic E-state index is -3.69. The van der Waals surface area contributed by atoms with Crippen LogP contribution in [0.25, 0.3) is 0 Å². The summed E-state index contributed by atoms with van der Waals surface area (Å²) in [7, 11) is -2.20. The Bertz CT molecular complexity index is 679. The van der Waals surface area contributed by atoms with Gasteiger partial charge in [-0.05, 0) is 36.8 Å². The largest absolute Gasteiger partial charge is 0.447 e. The van der Waals surface area contributed by atoms with Gasteiger partial charge in [0.05, 0.1) is 11.6 Å². The summed E-state index contributed by atoms with van der Waals surface area (Å²) in [5.41, 5.74) is 1.57. The molecule has 0 saturated carbocycles. The zero-order valence-electron chi connectivity index (χ0n) is 10.6. The highest BCUT2D eigenvalue weighted by Gasteiger charge is 2.25. The van der Waals surface area contributed by atoms with Gasteiger partial charge in [0, 0.05) is 7.05 Å². The quantitative estimate of drug-likeness (QED) is 0.815. The molecule has 19 heavy (non-hydrogen) atoms. The number of sulfonamides is 1. The van der Waals surface area contributed by atoms with Crippen molar-refractivity contribution in [3.8, 4) is 0 Å². The molecule has 0 aliphatic rings. The molecule has 0 amide bonds. The van der Waals surface area contributed by atoms with Crippen molar-refractivity contribution in [1.82, 2.24) is 0 Å². The van der Waals surface area contributed by atoms with Gasteiger partial charge in [-0.2, -0.15) is 8.42 Å². The first-order valence-electron chi connectivity index (χ1n) is 5.65. The molecule has 6 heteroatoms. The Hall–Kier alpha value is -1.46. The number of nitrogens with zero attached hydrogens (tertiary/aromatic N) is 1. The maximum atomic E-state index is 12.4. The standard InChI is InChI=1S/C13H14ClNO3S/c1-10-4-3-5-11(8-10)15(2)19(16,17)13-7-6-12(9-14)18-13/h3-8H,9H2,1-2H3. The third-order valence-electron chi connectivity index (χ3n) is 2.75. The summed E-state index contributed by atoms with van der Waals surface area (Å²) in [6, 6.07) is 10.2. The average Bonchev–Trinajstić information content (AvgIpc) is 2.87. The molecule has 2 aromatic rings. The van der Waals surface area contributed by atoms with E-state index in [-0.39, 0.29) is 11.0 Å². The van der Waals surface area contributed by atoms with Gasteiger partial charge in [-0.15, -0.1) is 11.6 Å². The van der Waals surface area contributed by atoms with Crippen LogP contribution in [0.3, 0.4) is 0 Å². The number of furan rings is 1. The maximum Gasteiger partial charge on any atom is 0.297 e. The van der Waals surface area contributed by atoms with Crippen LogP contribution in [0.1, 0.15) is 11.3 Å². The molecule has 1 aromatic carbocycles. The van der Waals surface area contributed by atoms with Crippen molar-refractivity contribution in [3.63, 3.8) is 0 Å². The van der Waals surface area contributed by atoms with E-state index in [9.17, 15) is 8.42 Å². The Morgan fingerprint density at radius 2 is 2.00 bits per heavy atom. The number of alkyl halides is 1. The van der Waals surface area contributed by atoms with Gasteiger partial charge in [0.1, 0.15) is 5.76 Å². The highest BCUT2D eigenvalue weighted by molar-refractivity contribution is 7.92. The van der Waals surface area contributed by atoms with Gasteiger partial charge in [0.25, 0.3) is 10.0 Å². The van der Waals surface area contributed by atoms with Crippen molar-refractivity contribution >= 4 is 27.3 Å². The summed E-state index contributed by atoms with van der Waals surface area (Å²) in [4.78, 5) is 0. The van der Waals surface area contributed by atoms with E-state index in [1.54, 1.807) is 18.2 Å². The fraction of sp³-hybridized carbons (Fsp3) is 0.231. The van der Waals surface area contributed by atoms with E-state index < -0.39 is 10.0 Å². The second-order valence-electron chi connectivity index (χ2n) is 4.17. The fourth-order valence-corrected chi connectivity index (χ4v) is 2.92. The number of halogens is 1. The molecule has 0 aliphatic heterocycles. The summed E-state index contributed by atoms with van der Waals surface area (Å²) < 4.78 is 31.1. The molecule has 0 bridgehead atoms. The molecule has 1 heterocycles. The molecule has 0 fully saturated rings. The Morgan fingerprint density at radius 1 is 1.26 bits per heavy atom. The van der Waals surface area contributed by atoms with Crippen molar-refractivity contribution in [2.75, 3.05) is 11.4 Å². The van der Waals surface area contributed by atoms with Gasteiger partial charge in [0.15, 0.2) is 0 Å². The van der Waals surface area contributed by atoms with Crippen LogP contribution in [0.5, 0.6) is 0 Å². The summed E-state index contributed by atoms with van der Waals surface area (Å²) in [6.45, 7) is 1.91. The zero-order valence-corrected chi connectivity index (χ0v) is 12.2. The lowest BCUT2D eigenvalue weighted by molar-refractivity contribution is 0.425. The monoisotopic (exact) mass is 299 g/mol. The molecule has 4 nitrogen and oxygen atoms in total. The van der Waals surface area contributed by atoms with Gasteiger partial charge in [-0.3, -0.25) is 4.31 Å². The minimum Gasteiger partial charge on any atom is -0.447 e. The molecule has 0 unspecified atom stereocenters. The summed E-state index contributed by atoms with van der Waals surface area (Å²) in [5.74, 6) is 0.571. The van der Waals surface area contributed by atoms with E-state index in [2.05, 4.69) is 0 Å². The normalized spacial score (nSPS) is 11.5. The second kappa shape index (κ2) is 5.27. The van der Waals surface area contributed by atoms with Gasteiger partial charge >= 0.3 is 0 Å². The minimum absolute atomic E-state index is 0.104. The fourth-order valence-electron chi connectivity index (χ4n) is 1.67. The van der Waals surface area contributed by atoms with E-state index in [0.717, 1.165) is 5.56 Å². The van der Waals surface area contributed by atoms with Crippen molar-refractivity contribution in [2.45, 2.75) is 17.9 Å². The smallest absolute Gasteiger partial charge is 0.297 e. The number of benzene rings is 1. The number of aryl methyl sites for hydroxylation is 1. The first-order chi connectivity index (χ1) is 8.95. The van der Waals surface area contributed by atoms with Crippen LogP contribution in [0.2, 0.25) is 0 Å². The highest BCUT2D eigenvalue weighted by atomic mass is 35.5. The van der Waals surface area contributed by atoms with Crippen LogP contribution < -0.4 is 4.31 Å². The Kier molecular flexibility index (Phi) is 3.87. The molecule has 0 atom stereocenters. The number of hydrogen-bond donors (Lipinski definition) is 0. The molecular formula is C13H14ClNO3S. The van der Waals surface area contributed by atoms with Crippen LogP contribution in [0.4, 0.5) is 5.69 Å². The van der Waals surface area contributed by atoms with Crippen LogP contribution in [-0.2, 0) is 15.9 Å². The average molecular weight is 300 g/mol. The summed E-state index contributed by atoms with van der Waals surface area (Å²) >= 11 is 5.61. The number of anilines is 1. The van der Waals surface area contributed by atoms with E-state index in [4.69, 9.17) is 16.0 Å². The zero-order chi connectivity index (χ0) is 14.0. The van der Waals surface area contributed by atoms with Crippen LogP contribution in [0, 0.1) is 6.92 Å². The Labute approximate surface area is 117 Å². The van der Waals surface area contributed by atoms with Crippen LogP contribution >= 0.6 is 11.6 Å². The second-order valence-corrected chi connectivity index (χ2v) is 6.33. The van der Waals surface area contributed by atoms with Gasteiger partial charge in [-0.25, -0.2) is 0 Å². The number of hydrogen-bond acceptors (Lipinski definition) is 3. The predicted octanol–water partition coefficient (Wildman–Crippen LogP) is 3.15. The molecule has 0 spiro atoms.